The Morgan fingerprint density at radius 1 is 1.44 bits per heavy atom. The Kier molecular flexibility index (Phi) is 3.42. The highest BCUT2D eigenvalue weighted by molar-refractivity contribution is 5.99. The van der Waals surface area contributed by atoms with Crippen molar-refractivity contribution < 1.29 is 4.79 Å². The number of benzene rings is 1. The molecule has 1 aromatic carbocycles. The third kappa shape index (κ3) is 2.76. The molecule has 0 saturated heterocycles. The molecule has 0 aliphatic carbocycles. The fraction of sp³-hybridized carbons (Fsp3) is 0.182. The van der Waals surface area contributed by atoms with Crippen LogP contribution in [0.15, 0.2) is 30.6 Å². The molecule has 1 amide bonds. The third-order valence-corrected chi connectivity index (χ3v) is 2.44. The van der Waals surface area contributed by atoms with Gasteiger partial charge in [-0.1, -0.05) is 5.21 Å². The van der Waals surface area contributed by atoms with Crippen molar-refractivity contribution >= 4 is 17.3 Å². The molecule has 0 bridgehead atoms. The lowest BCUT2D eigenvalue weighted by molar-refractivity contribution is 0.100. The summed E-state index contributed by atoms with van der Waals surface area (Å²) in [5.74, 6) is -0.509. The number of carbonyl (C=O) groups is 1. The molecule has 1 heterocycles. The topological polar surface area (TPSA) is 112 Å². The van der Waals surface area contributed by atoms with E-state index in [0.717, 1.165) is 0 Å². The number of hydrogen-bond acceptors (Lipinski definition) is 5. The first-order valence-corrected chi connectivity index (χ1v) is 5.44. The van der Waals surface area contributed by atoms with Crippen molar-refractivity contribution in [1.29, 1.82) is 0 Å². The summed E-state index contributed by atoms with van der Waals surface area (Å²) in [6.07, 6.45) is 3.37. The number of amides is 1. The van der Waals surface area contributed by atoms with Crippen LogP contribution in [0.5, 0.6) is 0 Å². The van der Waals surface area contributed by atoms with E-state index in [1.807, 2.05) is 0 Å². The van der Waals surface area contributed by atoms with Gasteiger partial charge in [0.05, 0.1) is 18.3 Å². The van der Waals surface area contributed by atoms with E-state index in [4.69, 9.17) is 11.5 Å². The van der Waals surface area contributed by atoms with Gasteiger partial charge in [0.25, 0.3) is 5.91 Å². The fourth-order valence-electron chi connectivity index (χ4n) is 1.58. The summed E-state index contributed by atoms with van der Waals surface area (Å²) < 4.78 is 1.69. The minimum Gasteiger partial charge on any atom is -0.399 e. The summed E-state index contributed by atoms with van der Waals surface area (Å²) in [5.41, 5.74) is 12.5. The summed E-state index contributed by atoms with van der Waals surface area (Å²) >= 11 is 0. The van der Waals surface area contributed by atoms with Crippen LogP contribution >= 0.6 is 0 Å². The molecule has 18 heavy (non-hydrogen) atoms. The summed E-state index contributed by atoms with van der Waals surface area (Å²) in [5, 5.41) is 10.6. The normalized spacial score (nSPS) is 10.2. The van der Waals surface area contributed by atoms with Gasteiger partial charge in [0.15, 0.2) is 0 Å². The van der Waals surface area contributed by atoms with Crippen molar-refractivity contribution in [3.63, 3.8) is 0 Å². The van der Waals surface area contributed by atoms with Gasteiger partial charge >= 0.3 is 0 Å². The molecule has 0 aliphatic rings. The van der Waals surface area contributed by atoms with Crippen LogP contribution in [0, 0.1) is 0 Å². The highest BCUT2D eigenvalue weighted by Gasteiger charge is 2.08. The monoisotopic (exact) mass is 246 g/mol. The molecule has 1 aromatic heterocycles. The van der Waals surface area contributed by atoms with Crippen molar-refractivity contribution in [2.75, 3.05) is 17.6 Å². The Hall–Kier alpha value is -2.57. The number of nitrogens with two attached hydrogens (primary N) is 2. The molecule has 0 aliphatic heterocycles. The Bertz CT molecular complexity index is 536. The molecule has 2 rings (SSSR count). The van der Waals surface area contributed by atoms with Crippen LogP contribution in [-0.2, 0) is 6.54 Å². The van der Waals surface area contributed by atoms with Crippen LogP contribution in [-0.4, -0.2) is 27.4 Å². The van der Waals surface area contributed by atoms with E-state index < -0.39 is 5.91 Å². The van der Waals surface area contributed by atoms with Crippen molar-refractivity contribution in [2.24, 2.45) is 5.73 Å². The Balaban J connectivity index is 2.02. The molecule has 5 N–H and O–H groups in total. The lowest BCUT2D eigenvalue weighted by Gasteiger charge is -2.10. The van der Waals surface area contributed by atoms with Gasteiger partial charge in [-0.3, -0.25) is 9.48 Å². The van der Waals surface area contributed by atoms with E-state index in [9.17, 15) is 4.79 Å². The van der Waals surface area contributed by atoms with Crippen molar-refractivity contribution in [2.45, 2.75) is 6.54 Å². The summed E-state index contributed by atoms with van der Waals surface area (Å²) in [7, 11) is 0. The van der Waals surface area contributed by atoms with Crippen LogP contribution < -0.4 is 16.8 Å². The number of nitrogens with one attached hydrogen (secondary N) is 1. The number of anilines is 2. The summed E-state index contributed by atoms with van der Waals surface area (Å²) in [6, 6.07) is 5.00. The van der Waals surface area contributed by atoms with Crippen LogP contribution in [0.3, 0.4) is 0 Å². The SMILES string of the molecule is NC(=O)c1cc(N)ccc1NCCn1ccnn1. The lowest BCUT2D eigenvalue weighted by atomic mass is 10.1. The zero-order valence-corrected chi connectivity index (χ0v) is 9.71. The first kappa shape index (κ1) is 11.9. The molecule has 0 radical (unpaired) electrons. The molecule has 0 atom stereocenters. The largest absolute Gasteiger partial charge is 0.399 e. The number of aromatic nitrogens is 3. The van der Waals surface area contributed by atoms with E-state index in [2.05, 4.69) is 15.6 Å². The van der Waals surface area contributed by atoms with Crippen molar-refractivity contribution in [3.8, 4) is 0 Å². The minimum absolute atomic E-state index is 0.383. The maximum atomic E-state index is 11.3. The van der Waals surface area contributed by atoms with E-state index in [1.54, 1.807) is 35.3 Å². The second-order valence-corrected chi connectivity index (χ2v) is 3.76. The molecule has 94 valence electrons. The average Bonchev–Trinajstić information content (AvgIpc) is 2.84. The van der Waals surface area contributed by atoms with E-state index in [-0.39, 0.29) is 0 Å². The lowest BCUT2D eigenvalue weighted by Crippen LogP contribution is -2.17. The molecule has 7 heteroatoms. The minimum atomic E-state index is -0.509. The van der Waals surface area contributed by atoms with Gasteiger partial charge < -0.3 is 16.8 Å². The maximum absolute atomic E-state index is 11.3. The highest BCUT2D eigenvalue weighted by Crippen LogP contribution is 2.18. The fourth-order valence-corrected chi connectivity index (χ4v) is 1.58. The molecule has 0 fully saturated rings. The van der Waals surface area contributed by atoms with Gasteiger partial charge in [0, 0.05) is 24.1 Å². The zero-order valence-electron chi connectivity index (χ0n) is 9.71. The number of hydrogen-bond donors (Lipinski definition) is 3. The number of carbonyl (C=O) groups excluding carboxylic acids is 1. The highest BCUT2D eigenvalue weighted by atomic mass is 16.1. The van der Waals surface area contributed by atoms with Crippen LogP contribution in [0.25, 0.3) is 0 Å². The average molecular weight is 246 g/mol. The van der Waals surface area contributed by atoms with Crippen molar-refractivity contribution in [3.05, 3.63) is 36.2 Å². The van der Waals surface area contributed by atoms with Crippen LogP contribution in [0.4, 0.5) is 11.4 Å². The Morgan fingerprint density at radius 3 is 2.94 bits per heavy atom. The summed E-state index contributed by atoms with van der Waals surface area (Å²) in [4.78, 5) is 11.3. The first-order chi connectivity index (χ1) is 8.66. The number of nitrogens with zero attached hydrogens (tertiary/aromatic N) is 3. The Labute approximate surface area is 104 Å². The molecular formula is C11H14N6O. The molecule has 0 spiro atoms. The molecule has 0 saturated carbocycles. The second-order valence-electron chi connectivity index (χ2n) is 3.76. The third-order valence-electron chi connectivity index (χ3n) is 2.44. The van der Waals surface area contributed by atoms with Gasteiger partial charge in [-0.05, 0) is 18.2 Å². The quantitative estimate of drug-likeness (QED) is 0.646. The van der Waals surface area contributed by atoms with Crippen LogP contribution in [0.2, 0.25) is 0 Å². The van der Waals surface area contributed by atoms with Gasteiger partial charge in [0.2, 0.25) is 0 Å². The molecular weight excluding hydrogens is 232 g/mol. The van der Waals surface area contributed by atoms with E-state index >= 15 is 0 Å². The van der Waals surface area contributed by atoms with Gasteiger partial charge in [-0.25, -0.2) is 0 Å². The van der Waals surface area contributed by atoms with E-state index in [1.165, 1.54) is 0 Å². The second kappa shape index (κ2) is 5.17. The molecule has 2 aromatic rings. The first-order valence-electron chi connectivity index (χ1n) is 5.44. The van der Waals surface area contributed by atoms with Gasteiger partial charge in [-0.2, -0.15) is 0 Å². The number of primary amides is 1. The van der Waals surface area contributed by atoms with Crippen molar-refractivity contribution in [1.82, 2.24) is 15.0 Å². The zero-order chi connectivity index (χ0) is 13.0. The van der Waals surface area contributed by atoms with Gasteiger partial charge in [0.1, 0.15) is 0 Å². The number of rotatable bonds is 5. The number of nitrogen functional groups attached to an aromatic ring is 1. The predicted molar refractivity (Wildman–Crippen MR) is 67.9 cm³/mol. The van der Waals surface area contributed by atoms with Crippen LogP contribution in [0.1, 0.15) is 10.4 Å². The smallest absolute Gasteiger partial charge is 0.250 e. The van der Waals surface area contributed by atoms with E-state index in [0.29, 0.717) is 30.0 Å². The molecule has 7 nitrogen and oxygen atoms in total. The predicted octanol–water partition coefficient (Wildman–Crippen LogP) is 0.0713. The maximum Gasteiger partial charge on any atom is 0.250 e. The van der Waals surface area contributed by atoms with Gasteiger partial charge in [-0.15, -0.1) is 5.10 Å². The summed E-state index contributed by atoms with van der Waals surface area (Å²) in [6.45, 7) is 1.25. The standard InChI is InChI=1S/C11H14N6O/c12-8-1-2-10(9(7-8)11(13)18)14-3-5-17-6-4-15-16-17/h1-2,4,6-7,14H,3,5,12H2,(H2,13,18). The molecule has 0 unspecified atom stereocenters. The Morgan fingerprint density at radius 2 is 2.28 bits per heavy atom.